The average molecular weight is 453 g/mol. The Morgan fingerprint density at radius 3 is 2.85 bits per heavy atom. The second-order valence-electron chi connectivity index (χ2n) is 6.19. The van der Waals surface area contributed by atoms with Gasteiger partial charge in [-0.1, -0.05) is 15.9 Å². The molecular weight excluding hydrogens is 432 g/mol. The van der Waals surface area contributed by atoms with Gasteiger partial charge in [0.05, 0.1) is 5.25 Å². The fourth-order valence-corrected chi connectivity index (χ4v) is 4.87. The van der Waals surface area contributed by atoms with E-state index in [4.69, 9.17) is 0 Å². The Hall–Kier alpha value is -1.31. The molecule has 4 nitrogen and oxygen atoms in total. The summed E-state index contributed by atoms with van der Waals surface area (Å²) in [6.45, 7) is 3.74. The minimum Gasteiger partial charge on any atom is -0.355 e. The minimum atomic E-state index is -0.199. The SMILES string of the molecule is CC(Sc1ccc(Br)cc1)C(=O)NCCC(=O)N1CCc2sccc2C1. The zero-order valence-corrected chi connectivity index (χ0v) is 17.8. The highest BCUT2D eigenvalue weighted by molar-refractivity contribution is 9.10. The molecular formula is C19H21BrN2O2S2. The Balaban J connectivity index is 1.40. The number of thiophene rings is 1. The maximum absolute atomic E-state index is 12.4. The van der Waals surface area contributed by atoms with Crippen LogP contribution in [-0.4, -0.2) is 35.1 Å². The lowest BCUT2D eigenvalue weighted by Gasteiger charge is -2.27. The summed E-state index contributed by atoms with van der Waals surface area (Å²) in [6.07, 6.45) is 1.28. The molecule has 1 aromatic heterocycles. The third kappa shape index (κ3) is 5.11. The van der Waals surface area contributed by atoms with Crippen molar-refractivity contribution in [1.82, 2.24) is 10.2 Å². The Kier molecular flexibility index (Phi) is 6.78. The number of nitrogens with one attached hydrogen (secondary N) is 1. The van der Waals surface area contributed by atoms with Gasteiger partial charge in [-0.3, -0.25) is 9.59 Å². The van der Waals surface area contributed by atoms with E-state index in [0.717, 1.165) is 22.3 Å². The summed E-state index contributed by atoms with van der Waals surface area (Å²) in [6, 6.07) is 9.99. The van der Waals surface area contributed by atoms with Crippen LogP contribution in [0.25, 0.3) is 0 Å². The van der Waals surface area contributed by atoms with E-state index in [9.17, 15) is 9.59 Å². The normalized spacial score (nSPS) is 14.6. The molecule has 0 spiro atoms. The average Bonchev–Trinajstić information content (AvgIpc) is 3.11. The first-order valence-electron chi connectivity index (χ1n) is 8.56. The summed E-state index contributed by atoms with van der Waals surface area (Å²) >= 11 is 6.68. The van der Waals surface area contributed by atoms with Crippen molar-refractivity contribution in [3.8, 4) is 0 Å². The molecule has 0 fully saturated rings. The van der Waals surface area contributed by atoms with Gasteiger partial charge in [0.15, 0.2) is 0 Å². The third-order valence-corrected chi connectivity index (χ3v) is 6.96. The number of hydrogen-bond acceptors (Lipinski definition) is 4. The van der Waals surface area contributed by atoms with Gasteiger partial charge in [-0.05, 0) is 54.6 Å². The molecule has 3 rings (SSSR count). The van der Waals surface area contributed by atoms with Crippen LogP contribution in [0.1, 0.15) is 23.8 Å². The molecule has 1 N–H and O–H groups in total. The van der Waals surface area contributed by atoms with Crippen molar-refractivity contribution in [3.05, 3.63) is 50.6 Å². The predicted molar refractivity (Wildman–Crippen MR) is 111 cm³/mol. The highest BCUT2D eigenvalue weighted by Gasteiger charge is 2.21. The molecule has 2 amide bonds. The summed E-state index contributed by atoms with van der Waals surface area (Å²) in [4.78, 5) is 28.9. The van der Waals surface area contributed by atoms with Crippen LogP contribution in [0, 0.1) is 0 Å². The Labute approximate surface area is 170 Å². The minimum absolute atomic E-state index is 0.0375. The Bertz CT molecular complexity index is 776. The van der Waals surface area contributed by atoms with Crippen LogP contribution in [0.2, 0.25) is 0 Å². The standard InChI is InChI=1S/C19H21BrN2O2S2/c1-13(26-16-4-2-15(20)3-5-16)19(24)21-9-6-18(23)22-10-7-17-14(12-22)8-11-25-17/h2-5,8,11,13H,6-7,9-10,12H2,1H3,(H,21,24). The van der Waals surface area contributed by atoms with Crippen LogP contribution in [0.15, 0.2) is 45.1 Å². The zero-order chi connectivity index (χ0) is 18.5. The Morgan fingerprint density at radius 1 is 1.31 bits per heavy atom. The molecule has 0 saturated carbocycles. The molecule has 1 aliphatic rings. The molecule has 2 aromatic rings. The number of carbonyl (C=O) groups excluding carboxylic acids is 2. The number of hydrogen-bond donors (Lipinski definition) is 1. The van der Waals surface area contributed by atoms with Gasteiger partial charge in [-0.25, -0.2) is 0 Å². The molecule has 0 bridgehead atoms. The van der Waals surface area contributed by atoms with Gasteiger partial charge < -0.3 is 10.2 Å². The fourth-order valence-electron chi connectivity index (χ4n) is 2.83. The quantitative estimate of drug-likeness (QED) is 0.671. The number of fused-ring (bicyclic) bond motifs is 1. The second kappa shape index (κ2) is 9.06. The van der Waals surface area contributed by atoms with E-state index in [1.807, 2.05) is 36.1 Å². The molecule has 2 heterocycles. The lowest BCUT2D eigenvalue weighted by molar-refractivity contribution is -0.132. The number of nitrogens with zero attached hydrogens (tertiary/aromatic N) is 1. The molecule has 138 valence electrons. The lowest BCUT2D eigenvalue weighted by Crippen LogP contribution is -2.38. The van der Waals surface area contributed by atoms with Gasteiger partial charge in [0.1, 0.15) is 0 Å². The highest BCUT2D eigenvalue weighted by Crippen LogP contribution is 2.25. The van der Waals surface area contributed by atoms with Crippen molar-refractivity contribution in [1.29, 1.82) is 0 Å². The fraction of sp³-hybridized carbons (Fsp3) is 0.368. The van der Waals surface area contributed by atoms with E-state index in [0.29, 0.717) is 19.5 Å². The predicted octanol–water partition coefficient (Wildman–Crippen LogP) is 4.08. The number of amides is 2. The van der Waals surface area contributed by atoms with Crippen LogP contribution in [0.4, 0.5) is 0 Å². The summed E-state index contributed by atoms with van der Waals surface area (Å²) in [5, 5.41) is 4.77. The van der Waals surface area contributed by atoms with E-state index in [1.165, 1.54) is 22.2 Å². The number of benzene rings is 1. The second-order valence-corrected chi connectivity index (χ2v) is 9.52. The summed E-state index contributed by atoms with van der Waals surface area (Å²) < 4.78 is 1.02. The first kappa shape index (κ1) is 19.5. The molecule has 1 atom stereocenters. The summed E-state index contributed by atoms with van der Waals surface area (Å²) in [7, 11) is 0. The molecule has 0 radical (unpaired) electrons. The maximum atomic E-state index is 12.4. The van der Waals surface area contributed by atoms with Crippen molar-refractivity contribution in [2.24, 2.45) is 0 Å². The maximum Gasteiger partial charge on any atom is 0.233 e. The highest BCUT2D eigenvalue weighted by atomic mass is 79.9. The molecule has 1 unspecified atom stereocenters. The zero-order valence-electron chi connectivity index (χ0n) is 14.5. The monoisotopic (exact) mass is 452 g/mol. The van der Waals surface area contributed by atoms with E-state index in [1.54, 1.807) is 11.3 Å². The van der Waals surface area contributed by atoms with Crippen LogP contribution in [-0.2, 0) is 22.6 Å². The largest absolute Gasteiger partial charge is 0.355 e. The van der Waals surface area contributed by atoms with Crippen molar-refractivity contribution in [3.63, 3.8) is 0 Å². The topological polar surface area (TPSA) is 49.4 Å². The van der Waals surface area contributed by atoms with E-state index < -0.39 is 0 Å². The number of carbonyl (C=O) groups is 2. The van der Waals surface area contributed by atoms with Crippen molar-refractivity contribution >= 4 is 50.8 Å². The number of thioether (sulfide) groups is 1. The van der Waals surface area contributed by atoms with Crippen LogP contribution < -0.4 is 5.32 Å². The first-order valence-corrected chi connectivity index (χ1v) is 11.1. The molecule has 0 saturated heterocycles. The van der Waals surface area contributed by atoms with Crippen LogP contribution in [0.5, 0.6) is 0 Å². The van der Waals surface area contributed by atoms with E-state index in [2.05, 4.69) is 32.7 Å². The van der Waals surface area contributed by atoms with Crippen molar-refractivity contribution in [2.45, 2.75) is 36.5 Å². The van der Waals surface area contributed by atoms with Crippen molar-refractivity contribution < 1.29 is 9.59 Å². The van der Waals surface area contributed by atoms with Gasteiger partial charge in [0, 0.05) is 40.3 Å². The van der Waals surface area contributed by atoms with Crippen LogP contribution >= 0.6 is 39.0 Å². The van der Waals surface area contributed by atoms with E-state index >= 15 is 0 Å². The number of rotatable bonds is 6. The molecule has 1 aromatic carbocycles. The number of halogens is 1. The van der Waals surface area contributed by atoms with Gasteiger partial charge in [-0.2, -0.15) is 0 Å². The summed E-state index contributed by atoms with van der Waals surface area (Å²) in [5.74, 6) is 0.0693. The van der Waals surface area contributed by atoms with E-state index in [-0.39, 0.29) is 17.1 Å². The Morgan fingerprint density at radius 2 is 2.08 bits per heavy atom. The van der Waals surface area contributed by atoms with Gasteiger partial charge in [0.25, 0.3) is 0 Å². The van der Waals surface area contributed by atoms with Gasteiger partial charge in [-0.15, -0.1) is 23.1 Å². The summed E-state index contributed by atoms with van der Waals surface area (Å²) in [5.41, 5.74) is 1.26. The van der Waals surface area contributed by atoms with Gasteiger partial charge in [0.2, 0.25) is 11.8 Å². The lowest BCUT2D eigenvalue weighted by atomic mass is 10.1. The van der Waals surface area contributed by atoms with Gasteiger partial charge >= 0.3 is 0 Å². The molecule has 7 heteroatoms. The molecule has 0 aliphatic carbocycles. The third-order valence-electron chi connectivity index (χ3n) is 4.29. The molecule has 1 aliphatic heterocycles. The smallest absolute Gasteiger partial charge is 0.233 e. The van der Waals surface area contributed by atoms with Crippen molar-refractivity contribution in [2.75, 3.05) is 13.1 Å². The molecule has 26 heavy (non-hydrogen) atoms. The first-order chi connectivity index (χ1) is 12.5. The van der Waals surface area contributed by atoms with Crippen LogP contribution in [0.3, 0.4) is 0 Å².